The average Bonchev–Trinajstić information content (AvgIpc) is 3.10. The Kier molecular flexibility index (Phi) is 13.2. The number of hydrogen-bond donors (Lipinski definition) is 1. The number of likely N-dealkylation sites (N-methyl/N-ethyl adjacent to an activating group) is 1. The maximum Gasteiger partial charge on any atom is 0.189 e. The van der Waals surface area contributed by atoms with Gasteiger partial charge in [-0.05, 0) is 73.6 Å². The Hall–Kier alpha value is -4.48. The molecule has 4 aromatic rings. The lowest BCUT2D eigenvalue weighted by atomic mass is 9.94. The molecule has 0 spiro atoms. The van der Waals surface area contributed by atoms with E-state index in [0.29, 0.717) is 23.4 Å². The van der Waals surface area contributed by atoms with E-state index in [1.165, 1.54) is 32.1 Å². The molecule has 9 nitrogen and oxygen atoms in total. The fraction of sp³-hybridized carbons (Fsp3) is 0.294. The van der Waals surface area contributed by atoms with Gasteiger partial charge in [0.15, 0.2) is 5.11 Å². The van der Waals surface area contributed by atoms with Crippen molar-refractivity contribution in [2.24, 2.45) is 10.1 Å². The van der Waals surface area contributed by atoms with Crippen LogP contribution in [0.2, 0.25) is 0 Å². The van der Waals surface area contributed by atoms with Gasteiger partial charge in [-0.3, -0.25) is 30.4 Å². The molecule has 0 radical (unpaired) electrons. The first kappa shape index (κ1) is 33.4. The third-order valence-corrected chi connectivity index (χ3v) is 8.06. The molecular formula is C34H39N9S2. The summed E-state index contributed by atoms with van der Waals surface area (Å²) in [5.74, 6) is 0. The van der Waals surface area contributed by atoms with Gasteiger partial charge >= 0.3 is 0 Å². The van der Waals surface area contributed by atoms with Crippen LogP contribution in [-0.4, -0.2) is 85.0 Å². The number of nitrogens with one attached hydrogen (secondary N) is 1. The molecule has 4 aromatic heterocycles. The molecule has 5 rings (SSSR count). The van der Waals surface area contributed by atoms with Crippen LogP contribution >= 0.6 is 24.4 Å². The summed E-state index contributed by atoms with van der Waals surface area (Å²) in [7, 11) is 5.81. The Labute approximate surface area is 276 Å². The van der Waals surface area contributed by atoms with Crippen LogP contribution in [0.1, 0.15) is 54.9 Å². The highest BCUT2D eigenvalue weighted by Crippen LogP contribution is 2.22. The number of hydrazone groups is 1. The predicted molar refractivity (Wildman–Crippen MR) is 190 cm³/mol. The van der Waals surface area contributed by atoms with Gasteiger partial charge in [0.05, 0.1) is 34.3 Å². The number of aromatic nitrogens is 4. The van der Waals surface area contributed by atoms with Gasteiger partial charge in [-0.15, -0.1) is 0 Å². The van der Waals surface area contributed by atoms with Gasteiger partial charge < -0.3 is 9.80 Å². The maximum atomic E-state index is 5.65. The van der Waals surface area contributed by atoms with Gasteiger partial charge in [-0.25, -0.2) is 0 Å². The topological polar surface area (TPSA) is 94.8 Å². The van der Waals surface area contributed by atoms with E-state index in [2.05, 4.69) is 42.4 Å². The van der Waals surface area contributed by atoms with Crippen molar-refractivity contribution < 1.29 is 0 Å². The number of thiocarbonyl (C=S) groups is 2. The SMILES string of the molecule is CN(C(=S)CN=C(c1ccccn1)c1ccccn1)C1CCCCC1.CN(C)C(=S)NN=C(c1ccccn1)c1ccccn1. The number of hydrogen-bond acceptors (Lipinski definition) is 8. The van der Waals surface area contributed by atoms with Crippen molar-refractivity contribution in [2.75, 3.05) is 27.7 Å². The molecule has 0 amide bonds. The van der Waals surface area contributed by atoms with Gasteiger partial charge in [0.25, 0.3) is 0 Å². The predicted octanol–water partition coefficient (Wildman–Crippen LogP) is 5.57. The third kappa shape index (κ3) is 10.3. The minimum atomic E-state index is 0.491. The van der Waals surface area contributed by atoms with E-state index in [1.54, 1.807) is 29.7 Å². The second kappa shape index (κ2) is 17.7. The summed E-state index contributed by atoms with van der Waals surface area (Å²) < 4.78 is 0. The molecule has 0 aliphatic heterocycles. The fourth-order valence-corrected chi connectivity index (χ4v) is 4.94. The van der Waals surface area contributed by atoms with Crippen molar-refractivity contribution in [3.8, 4) is 0 Å². The largest absolute Gasteiger partial charge is 0.365 e. The monoisotopic (exact) mass is 637 g/mol. The van der Waals surface area contributed by atoms with Crippen LogP contribution in [0, 0.1) is 0 Å². The van der Waals surface area contributed by atoms with E-state index < -0.39 is 0 Å². The molecule has 1 aliphatic rings. The molecule has 1 aliphatic carbocycles. The Morgan fingerprint density at radius 3 is 1.53 bits per heavy atom. The Bertz CT molecular complexity index is 1460. The maximum absolute atomic E-state index is 5.65. The highest BCUT2D eigenvalue weighted by molar-refractivity contribution is 7.80. The number of aliphatic imine (C=N–C) groups is 1. The molecule has 45 heavy (non-hydrogen) atoms. The van der Waals surface area contributed by atoms with Crippen molar-refractivity contribution in [3.05, 3.63) is 120 Å². The molecule has 232 valence electrons. The van der Waals surface area contributed by atoms with E-state index >= 15 is 0 Å². The fourth-order valence-electron chi connectivity index (χ4n) is 4.68. The third-order valence-electron chi connectivity index (χ3n) is 7.19. The van der Waals surface area contributed by atoms with Gasteiger partial charge in [0.1, 0.15) is 11.4 Å². The van der Waals surface area contributed by atoms with Crippen molar-refractivity contribution in [1.29, 1.82) is 0 Å². The molecule has 11 heteroatoms. The van der Waals surface area contributed by atoms with Crippen LogP contribution in [0.15, 0.2) is 108 Å². The van der Waals surface area contributed by atoms with Crippen LogP contribution in [0.3, 0.4) is 0 Å². The lowest BCUT2D eigenvalue weighted by Gasteiger charge is -2.32. The number of nitrogens with zero attached hydrogens (tertiary/aromatic N) is 8. The van der Waals surface area contributed by atoms with E-state index in [0.717, 1.165) is 33.5 Å². The molecule has 0 unspecified atom stereocenters. The minimum absolute atomic E-state index is 0.491. The van der Waals surface area contributed by atoms with Crippen LogP contribution in [-0.2, 0) is 0 Å². The first-order chi connectivity index (χ1) is 21.9. The molecule has 0 atom stereocenters. The standard InChI is InChI=1S/C20H24N4S.C14H15N5S/c1-24(16-9-3-2-4-10-16)19(25)15-23-20(17-11-5-7-13-21-17)18-12-6-8-14-22-18;1-19(2)14(20)18-17-13(11-7-3-5-9-15-11)12-8-4-6-10-16-12/h5-8,11-14,16H,2-4,9-10,15H2,1H3;3-10H,1-2H3,(H,18,20). The summed E-state index contributed by atoms with van der Waals surface area (Å²) >= 11 is 10.8. The van der Waals surface area contributed by atoms with E-state index in [9.17, 15) is 0 Å². The van der Waals surface area contributed by atoms with E-state index in [-0.39, 0.29) is 0 Å². The summed E-state index contributed by atoms with van der Waals surface area (Å²) in [5.41, 5.74) is 7.40. The Morgan fingerprint density at radius 1 is 0.689 bits per heavy atom. The van der Waals surface area contributed by atoms with Crippen LogP contribution < -0.4 is 5.43 Å². The molecule has 0 bridgehead atoms. The lowest BCUT2D eigenvalue weighted by Crippen LogP contribution is -2.38. The zero-order valence-corrected chi connectivity index (χ0v) is 27.6. The normalized spacial score (nSPS) is 12.5. The molecule has 0 aromatic carbocycles. The van der Waals surface area contributed by atoms with Crippen LogP contribution in [0.4, 0.5) is 0 Å². The van der Waals surface area contributed by atoms with Gasteiger partial charge in [-0.2, -0.15) is 5.10 Å². The molecular weight excluding hydrogens is 599 g/mol. The van der Waals surface area contributed by atoms with Crippen LogP contribution in [0.25, 0.3) is 0 Å². The Balaban J connectivity index is 0.000000210. The quantitative estimate of drug-likeness (QED) is 0.151. The van der Waals surface area contributed by atoms with Crippen molar-refractivity contribution in [2.45, 2.75) is 38.1 Å². The van der Waals surface area contributed by atoms with Gasteiger partial charge in [-0.1, -0.05) is 55.7 Å². The summed E-state index contributed by atoms with van der Waals surface area (Å²) in [6.45, 7) is 0.491. The zero-order chi connectivity index (χ0) is 31.9. The van der Waals surface area contributed by atoms with Gasteiger partial charge in [0, 0.05) is 52.0 Å². The second-order valence-corrected chi connectivity index (χ2v) is 11.5. The first-order valence-electron chi connectivity index (χ1n) is 14.9. The molecule has 1 N–H and O–H groups in total. The van der Waals surface area contributed by atoms with Crippen molar-refractivity contribution >= 4 is 46.0 Å². The second-order valence-electron chi connectivity index (χ2n) is 10.6. The smallest absolute Gasteiger partial charge is 0.189 e. The summed E-state index contributed by atoms with van der Waals surface area (Å²) in [5, 5.41) is 4.87. The first-order valence-corrected chi connectivity index (χ1v) is 15.8. The van der Waals surface area contributed by atoms with Crippen molar-refractivity contribution in [3.63, 3.8) is 0 Å². The average molecular weight is 638 g/mol. The van der Waals surface area contributed by atoms with Crippen LogP contribution in [0.5, 0.6) is 0 Å². The van der Waals surface area contributed by atoms with Crippen molar-refractivity contribution in [1.82, 2.24) is 35.2 Å². The summed E-state index contributed by atoms with van der Waals surface area (Å²) in [4.78, 5) is 27.2. The molecule has 4 heterocycles. The molecule has 1 saturated carbocycles. The summed E-state index contributed by atoms with van der Waals surface area (Å²) in [6, 6.07) is 23.5. The number of rotatable bonds is 8. The number of pyridine rings is 4. The lowest BCUT2D eigenvalue weighted by molar-refractivity contribution is 0.280. The highest BCUT2D eigenvalue weighted by atomic mass is 32.1. The van der Waals surface area contributed by atoms with Gasteiger partial charge in [0.2, 0.25) is 0 Å². The molecule has 1 fully saturated rings. The Morgan fingerprint density at radius 2 is 1.13 bits per heavy atom. The highest BCUT2D eigenvalue weighted by Gasteiger charge is 2.20. The zero-order valence-electron chi connectivity index (χ0n) is 26.0. The molecule has 0 saturated heterocycles. The minimum Gasteiger partial charge on any atom is -0.365 e. The van der Waals surface area contributed by atoms with E-state index in [4.69, 9.17) is 29.4 Å². The van der Waals surface area contributed by atoms with E-state index in [1.807, 2.05) is 86.9 Å². The summed E-state index contributed by atoms with van der Waals surface area (Å²) in [6.07, 6.45) is 13.4.